The monoisotopic (exact) mass is 592 g/mol. The van der Waals surface area contributed by atoms with Gasteiger partial charge in [-0.15, -0.1) is 0 Å². The first kappa shape index (κ1) is 31.9. The smallest absolute Gasteiger partial charge is 0.383 e. The number of carbonyl (C=O) groups excluding carboxylic acids is 1. The highest BCUT2D eigenvalue weighted by Crippen LogP contribution is 2.46. The topological polar surface area (TPSA) is 100 Å². The Labute approximate surface area is 250 Å². The van der Waals surface area contributed by atoms with Crippen molar-refractivity contribution >= 4 is 14.8 Å². The highest BCUT2D eigenvalue weighted by Gasteiger charge is 2.55. The standard InChI is InChI=1S/C33H44N2O6Si/c1-4-39-42(40-5-2,41-6-3)24-16-23-34-31(36)35-26-32(37,27-17-10-7-11-18-27)25-30(35)33(38,28-19-12-8-13-20-28)29-21-14-9-15-22-29/h7-15,17-22,30,37-38H,4-6,16,23-26H2,1-3H3,(H,34,36)/t30-,32-/m0/s1. The van der Waals surface area contributed by atoms with Crippen molar-refractivity contribution in [3.8, 4) is 0 Å². The summed E-state index contributed by atoms with van der Waals surface area (Å²) in [6, 6.07) is 27.6. The van der Waals surface area contributed by atoms with Crippen molar-refractivity contribution < 1.29 is 28.3 Å². The molecule has 8 nitrogen and oxygen atoms in total. The molecule has 0 radical (unpaired) electrons. The van der Waals surface area contributed by atoms with Gasteiger partial charge in [0.15, 0.2) is 0 Å². The first-order valence-corrected chi connectivity index (χ1v) is 16.8. The van der Waals surface area contributed by atoms with E-state index >= 15 is 0 Å². The Kier molecular flexibility index (Phi) is 10.9. The number of likely N-dealkylation sites (tertiary alicyclic amines) is 1. The average molecular weight is 593 g/mol. The maximum atomic E-state index is 13.9. The fraction of sp³-hybridized carbons (Fsp3) is 0.424. The van der Waals surface area contributed by atoms with Crippen LogP contribution >= 0.6 is 0 Å². The molecular formula is C33H44N2O6Si. The second kappa shape index (κ2) is 14.4. The number of carbonyl (C=O) groups is 1. The predicted molar refractivity (Wildman–Crippen MR) is 165 cm³/mol. The molecule has 0 saturated carbocycles. The zero-order valence-corrected chi connectivity index (χ0v) is 25.9. The van der Waals surface area contributed by atoms with Crippen molar-refractivity contribution in [2.45, 2.75) is 56.9 Å². The van der Waals surface area contributed by atoms with Crippen LogP contribution in [0.25, 0.3) is 0 Å². The molecule has 3 N–H and O–H groups in total. The summed E-state index contributed by atoms with van der Waals surface area (Å²) in [6.07, 6.45) is 0.751. The van der Waals surface area contributed by atoms with E-state index in [1.807, 2.05) is 112 Å². The van der Waals surface area contributed by atoms with Crippen LogP contribution in [0.4, 0.5) is 4.79 Å². The number of amides is 2. The van der Waals surface area contributed by atoms with Crippen molar-refractivity contribution in [2.75, 3.05) is 32.9 Å². The van der Waals surface area contributed by atoms with Gasteiger partial charge in [0.2, 0.25) is 0 Å². The number of hydrogen-bond acceptors (Lipinski definition) is 6. The maximum Gasteiger partial charge on any atom is 0.500 e. The van der Waals surface area contributed by atoms with E-state index in [1.165, 1.54) is 0 Å². The zero-order valence-electron chi connectivity index (χ0n) is 24.9. The first-order valence-electron chi connectivity index (χ1n) is 14.9. The molecule has 0 unspecified atom stereocenters. The summed E-state index contributed by atoms with van der Waals surface area (Å²) in [5, 5.41) is 27.7. The Morgan fingerprint density at radius 1 is 0.881 bits per heavy atom. The fourth-order valence-electron chi connectivity index (χ4n) is 5.97. The molecule has 1 aliphatic rings. The first-order chi connectivity index (χ1) is 20.3. The molecule has 1 heterocycles. The van der Waals surface area contributed by atoms with Crippen LogP contribution in [0, 0.1) is 0 Å². The number of urea groups is 1. The van der Waals surface area contributed by atoms with Gasteiger partial charge in [-0.1, -0.05) is 91.0 Å². The second-order valence-corrected chi connectivity index (χ2v) is 13.3. The summed E-state index contributed by atoms with van der Waals surface area (Å²) in [5.41, 5.74) is -0.911. The Morgan fingerprint density at radius 2 is 1.36 bits per heavy atom. The number of hydrogen-bond donors (Lipinski definition) is 3. The summed E-state index contributed by atoms with van der Waals surface area (Å²) in [4.78, 5) is 15.5. The van der Waals surface area contributed by atoms with Crippen molar-refractivity contribution in [3.05, 3.63) is 108 Å². The minimum atomic E-state index is -2.84. The lowest BCUT2D eigenvalue weighted by Gasteiger charge is -2.39. The molecule has 2 atom stereocenters. The lowest BCUT2D eigenvalue weighted by Crippen LogP contribution is -2.53. The quantitative estimate of drug-likeness (QED) is 0.179. The third kappa shape index (κ3) is 6.94. The maximum absolute atomic E-state index is 13.9. The number of nitrogens with zero attached hydrogens (tertiary/aromatic N) is 1. The molecule has 9 heteroatoms. The molecule has 0 aliphatic carbocycles. The SMILES string of the molecule is CCO[Si](CCCNC(=O)N1C[C@](O)(c2ccccc2)C[C@H]1C(O)(c1ccccc1)c1ccccc1)(OCC)OCC. The van der Waals surface area contributed by atoms with Crippen molar-refractivity contribution in [1.82, 2.24) is 10.2 Å². The molecule has 1 aliphatic heterocycles. The minimum absolute atomic E-state index is 0.0328. The molecule has 1 saturated heterocycles. The van der Waals surface area contributed by atoms with Gasteiger partial charge in [0, 0.05) is 38.8 Å². The number of nitrogens with one attached hydrogen (secondary N) is 1. The van der Waals surface area contributed by atoms with Gasteiger partial charge in [-0.3, -0.25) is 0 Å². The van der Waals surface area contributed by atoms with Crippen LogP contribution < -0.4 is 5.32 Å². The van der Waals surface area contributed by atoms with E-state index in [1.54, 1.807) is 4.90 Å². The average Bonchev–Trinajstić information content (AvgIpc) is 3.40. The summed E-state index contributed by atoms with van der Waals surface area (Å²) in [7, 11) is -2.84. The van der Waals surface area contributed by atoms with Gasteiger partial charge in [0.05, 0.1) is 12.6 Å². The van der Waals surface area contributed by atoms with Gasteiger partial charge >= 0.3 is 14.8 Å². The third-order valence-corrected chi connectivity index (χ3v) is 11.0. The Balaban J connectivity index is 1.63. The summed E-state index contributed by atoms with van der Waals surface area (Å²) >= 11 is 0. The van der Waals surface area contributed by atoms with Gasteiger partial charge in [-0.05, 0) is 43.9 Å². The van der Waals surface area contributed by atoms with Crippen molar-refractivity contribution in [1.29, 1.82) is 0 Å². The largest absolute Gasteiger partial charge is 0.500 e. The van der Waals surface area contributed by atoms with Gasteiger partial charge < -0.3 is 33.7 Å². The Morgan fingerprint density at radius 3 is 1.83 bits per heavy atom. The van der Waals surface area contributed by atoms with Gasteiger partial charge in [0.1, 0.15) is 11.2 Å². The van der Waals surface area contributed by atoms with Crippen LogP contribution in [-0.4, -0.2) is 68.9 Å². The van der Waals surface area contributed by atoms with Crippen LogP contribution in [0.3, 0.4) is 0 Å². The predicted octanol–water partition coefficient (Wildman–Crippen LogP) is 5.03. The second-order valence-electron chi connectivity index (χ2n) is 10.6. The molecular weight excluding hydrogens is 548 g/mol. The highest BCUT2D eigenvalue weighted by molar-refractivity contribution is 6.60. The molecule has 3 aromatic carbocycles. The lowest BCUT2D eigenvalue weighted by molar-refractivity contribution is 0.00328. The van der Waals surface area contributed by atoms with E-state index < -0.39 is 26.0 Å². The molecule has 42 heavy (non-hydrogen) atoms. The van der Waals surface area contributed by atoms with Crippen LogP contribution in [0.1, 0.15) is 50.3 Å². The van der Waals surface area contributed by atoms with Crippen LogP contribution in [0.15, 0.2) is 91.0 Å². The number of aliphatic hydroxyl groups is 2. The summed E-state index contributed by atoms with van der Waals surface area (Å²) in [5.74, 6) is 0. The van der Waals surface area contributed by atoms with Crippen LogP contribution in [0.2, 0.25) is 6.04 Å². The molecule has 0 bridgehead atoms. The van der Waals surface area contributed by atoms with E-state index in [0.29, 0.717) is 55.5 Å². The highest BCUT2D eigenvalue weighted by atomic mass is 28.4. The van der Waals surface area contributed by atoms with Crippen molar-refractivity contribution in [2.24, 2.45) is 0 Å². The van der Waals surface area contributed by atoms with E-state index in [9.17, 15) is 15.0 Å². The van der Waals surface area contributed by atoms with Gasteiger partial charge in [-0.2, -0.15) is 0 Å². The molecule has 2 amide bonds. The lowest BCUT2D eigenvalue weighted by atomic mass is 9.77. The summed E-state index contributed by atoms with van der Waals surface area (Å²) < 4.78 is 17.9. The van der Waals surface area contributed by atoms with E-state index in [2.05, 4.69) is 5.32 Å². The van der Waals surface area contributed by atoms with Gasteiger partial charge in [0.25, 0.3) is 0 Å². The summed E-state index contributed by atoms with van der Waals surface area (Å²) in [6.45, 7) is 7.63. The Bertz CT molecular complexity index is 1190. The van der Waals surface area contributed by atoms with Crippen LogP contribution in [0.5, 0.6) is 0 Å². The fourth-order valence-corrected chi connectivity index (χ4v) is 8.58. The Hall–Kier alpha value is -3.05. The van der Waals surface area contributed by atoms with Crippen molar-refractivity contribution in [3.63, 3.8) is 0 Å². The van der Waals surface area contributed by atoms with E-state index in [4.69, 9.17) is 13.3 Å². The number of rotatable bonds is 14. The normalized spacial score (nSPS) is 19.2. The molecule has 0 aromatic heterocycles. The molecule has 4 rings (SSSR count). The molecule has 226 valence electrons. The molecule has 1 fully saturated rings. The minimum Gasteiger partial charge on any atom is -0.383 e. The zero-order chi connectivity index (χ0) is 30.1. The van der Waals surface area contributed by atoms with Crippen LogP contribution in [-0.2, 0) is 24.5 Å². The molecule has 0 spiro atoms. The number of β-amino-alcohol motifs (C(OH)–C–C–N with tert-alkyl or cyclic N) is 1. The van der Waals surface area contributed by atoms with E-state index in [0.717, 1.165) is 0 Å². The van der Waals surface area contributed by atoms with E-state index in [-0.39, 0.29) is 19.0 Å². The molecule has 3 aromatic rings. The van der Waals surface area contributed by atoms with Gasteiger partial charge in [-0.25, -0.2) is 4.79 Å². The number of benzene rings is 3. The third-order valence-electron chi connectivity index (χ3n) is 7.85.